The van der Waals surface area contributed by atoms with Crippen LogP contribution in [0.1, 0.15) is 68.3 Å². The maximum atomic E-state index is 13.4. The lowest BCUT2D eigenvalue weighted by atomic mass is 9.85. The van der Waals surface area contributed by atoms with Crippen molar-refractivity contribution in [3.8, 4) is 5.75 Å². The van der Waals surface area contributed by atoms with Crippen molar-refractivity contribution >= 4 is 47.6 Å². The summed E-state index contributed by atoms with van der Waals surface area (Å²) in [6, 6.07) is 5.33. The highest BCUT2D eigenvalue weighted by molar-refractivity contribution is 5.87. The number of carboxylic acids is 5. The number of aliphatic carboxylic acids is 5. The molecule has 0 aliphatic carbocycles. The zero-order valence-electron chi connectivity index (χ0n) is 28.7. The molecule has 290 valence electrons. The topological polar surface area (TPSA) is 327 Å². The second-order valence-corrected chi connectivity index (χ2v) is 12.1. The first-order chi connectivity index (χ1) is 25.0. The highest BCUT2D eigenvalue weighted by Crippen LogP contribution is 2.24. The van der Waals surface area contributed by atoms with Crippen molar-refractivity contribution in [2.75, 3.05) is 6.54 Å². The van der Waals surface area contributed by atoms with Crippen molar-refractivity contribution in [2.24, 2.45) is 23.3 Å². The van der Waals surface area contributed by atoms with Crippen LogP contribution in [-0.4, -0.2) is 96.6 Å². The van der Waals surface area contributed by atoms with Gasteiger partial charge in [-0.2, -0.15) is 0 Å². The molecule has 1 heterocycles. The number of nitrogens with zero attached hydrogens (tertiary/aromatic N) is 1. The average molecular weight is 749 g/mol. The second kappa shape index (κ2) is 21.4. The molecule has 19 heteroatoms. The molecule has 2 rings (SSSR count). The van der Waals surface area contributed by atoms with Crippen LogP contribution >= 0.6 is 0 Å². The minimum absolute atomic E-state index is 0.154. The molecule has 0 bridgehead atoms. The fourth-order valence-corrected chi connectivity index (χ4v) is 5.42. The Kier molecular flexibility index (Phi) is 17.4. The predicted octanol–water partition coefficient (Wildman–Crippen LogP) is 0.803. The molecule has 4 unspecified atom stereocenters. The van der Waals surface area contributed by atoms with Crippen LogP contribution in [0.5, 0.6) is 5.75 Å². The number of carboxylic acid groups (broad SMARTS) is 5. The van der Waals surface area contributed by atoms with Crippen LogP contribution in [0, 0.1) is 11.8 Å². The molecular formula is C34H44N4O15. The predicted molar refractivity (Wildman–Crippen MR) is 180 cm³/mol. The third kappa shape index (κ3) is 15.0. The van der Waals surface area contributed by atoms with E-state index in [0.29, 0.717) is 17.1 Å². The van der Waals surface area contributed by atoms with Gasteiger partial charge in [-0.1, -0.05) is 12.1 Å². The normalized spacial score (nSPS) is 13.2. The number of primary amides is 1. The Morgan fingerprint density at radius 2 is 1.38 bits per heavy atom. The lowest BCUT2D eigenvalue weighted by Crippen LogP contribution is -2.47. The van der Waals surface area contributed by atoms with E-state index >= 15 is 0 Å². The molecule has 53 heavy (non-hydrogen) atoms. The Hall–Kier alpha value is -5.98. The van der Waals surface area contributed by atoms with Gasteiger partial charge in [0.05, 0.1) is 24.6 Å². The van der Waals surface area contributed by atoms with Gasteiger partial charge in [0.1, 0.15) is 30.2 Å². The summed E-state index contributed by atoms with van der Waals surface area (Å²) >= 11 is 0. The molecule has 4 atom stereocenters. The summed E-state index contributed by atoms with van der Waals surface area (Å²) in [5.41, 5.74) is 12.2. The summed E-state index contributed by atoms with van der Waals surface area (Å²) < 4.78 is 11.0. The Morgan fingerprint density at radius 1 is 0.755 bits per heavy atom. The highest BCUT2D eigenvalue weighted by Gasteiger charge is 2.35. The minimum atomic E-state index is -1.68. The Balaban J connectivity index is 2.10. The van der Waals surface area contributed by atoms with E-state index in [9.17, 15) is 58.8 Å². The SMILES string of the molecule is NCc1cc(COc2ccc(CCN(C(=O)CCC(NC(=O)CCC(C(=O)O)C(CCC(=O)O)C(=O)O)C(=O)O)C(CCC(N)=O)C(=O)O)cc2)co1. The monoisotopic (exact) mass is 748 g/mol. The van der Waals surface area contributed by atoms with E-state index in [0.717, 1.165) is 10.5 Å². The van der Waals surface area contributed by atoms with Gasteiger partial charge < -0.3 is 56.4 Å². The number of furan rings is 1. The number of carbonyl (C=O) groups excluding carboxylic acids is 3. The quantitative estimate of drug-likeness (QED) is 0.0659. The molecule has 0 aliphatic heterocycles. The van der Waals surface area contributed by atoms with Gasteiger partial charge in [-0.15, -0.1) is 0 Å². The van der Waals surface area contributed by atoms with Gasteiger partial charge in [0.15, 0.2) is 0 Å². The number of hydrogen-bond donors (Lipinski definition) is 8. The number of benzene rings is 1. The molecule has 1 aromatic carbocycles. The molecule has 0 aliphatic rings. The van der Waals surface area contributed by atoms with Crippen molar-refractivity contribution in [2.45, 2.75) is 83.0 Å². The third-order valence-electron chi connectivity index (χ3n) is 8.28. The van der Waals surface area contributed by atoms with E-state index in [-0.39, 0.29) is 39.0 Å². The van der Waals surface area contributed by atoms with Gasteiger partial charge in [0.25, 0.3) is 0 Å². The molecule has 0 radical (unpaired) electrons. The van der Waals surface area contributed by atoms with Gasteiger partial charge >= 0.3 is 29.8 Å². The number of amides is 3. The number of rotatable bonds is 26. The van der Waals surface area contributed by atoms with E-state index in [1.165, 1.54) is 6.26 Å². The zero-order valence-corrected chi connectivity index (χ0v) is 28.7. The summed E-state index contributed by atoms with van der Waals surface area (Å²) in [5, 5.41) is 49.6. The fourth-order valence-electron chi connectivity index (χ4n) is 5.42. The maximum absolute atomic E-state index is 13.4. The van der Waals surface area contributed by atoms with Gasteiger partial charge in [-0.25, -0.2) is 9.59 Å². The molecule has 2 aromatic rings. The van der Waals surface area contributed by atoms with E-state index in [1.807, 2.05) is 0 Å². The Labute approximate surface area is 302 Å². The molecule has 0 saturated heterocycles. The number of nitrogens with one attached hydrogen (secondary N) is 1. The van der Waals surface area contributed by atoms with Crippen LogP contribution in [0.25, 0.3) is 0 Å². The van der Waals surface area contributed by atoms with Crippen LogP contribution in [0.2, 0.25) is 0 Å². The van der Waals surface area contributed by atoms with Crippen molar-refractivity contribution in [3.63, 3.8) is 0 Å². The fraction of sp³-hybridized carbons (Fsp3) is 0.471. The van der Waals surface area contributed by atoms with Gasteiger partial charge in [-0.3, -0.25) is 28.8 Å². The number of carbonyl (C=O) groups is 8. The van der Waals surface area contributed by atoms with Gasteiger partial charge in [0.2, 0.25) is 17.7 Å². The lowest BCUT2D eigenvalue weighted by Gasteiger charge is -2.29. The summed E-state index contributed by atoms with van der Waals surface area (Å²) in [6.07, 6.45) is -2.40. The molecule has 3 amide bonds. The zero-order chi connectivity index (χ0) is 39.7. The lowest BCUT2D eigenvalue weighted by molar-refractivity contribution is -0.155. The van der Waals surface area contributed by atoms with Crippen LogP contribution in [-0.2, 0) is 57.9 Å². The van der Waals surface area contributed by atoms with Crippen molar-refractivity contribution in [1.82, 2.24) is 10.2 Å². The van der Waals surface area contributed by atoms with Crippen molar-refractivity contribution in [3.05, 3.63) is 53.5 Å². The first-order valence-corrected chi connectivity index (χ1v) is 16.5. The second-order valence-electron chi connectivity index (χ2n) is 12.1. The molecular weight excluding hydrogens is 704 g/mol. The number of ether oxygens (including phenoxy) is 1. The molecule has 1 aromatic heterocycles. The van der Waals surface area contributed by atoms with Crippen LogP contribution in [0.4, 0.5) is 0 Å². The first kappa shape index (κ1) is 43.2. The van der Waals surface area contributed by atoms with Crippen LogP contribution in [0.15, 0.2) is 41.0 Å². The van der Waals surface area contributed by atoms with Crippen LogP contribution in [0.3, 0.4) is 0 Å². The molecule has 10 N–H and O–H groups in total. The van der Waals surface area contributed by atoms with Gasteiger partial charge in [-0.05, 0) is 55.9 Å². The van der Waals surface area contributed by atoms with E-state index in [1.54, 1.807) is 30.3 Å². The molecule has 19 nitrogen and oxygen atoms in total. The van der Waals surface area contributed by atoms with Gasteiger partial charge in [0, 0.05) is 37.8 Å². The third-order valence-corrected chi connectivity index (χ3v) is 8.28. The summed E-state index contributed by atoms with van der Waals surface area (Å²) in [7, 11) is 0. The summed E-state index contributed by atoms with van der Waals surface area (Å²) in [4.78, 5) is 97.0. The summed E-state index contributed by atoms with van der Waals surface area (Å²) in [5.74, 6) is -12.2. The highest BCUT2D eigenvalue weighted by atomic mass is 16.5. The summed E-state index contributed by atoms with van der Waals surface area (Å²) in [6.45, 7) is 0.301. The van der Waals surface area contributed by atoms with Crippen LogP contribution < -0.4 is 21.5 Å². The standard InChI is InChI=1S/C34H44N4O15/c35-16-22-15-20(18-53-22)17-52-21-3-1-19(2-4-21)13-14-38(26(34(50)51)8-9-27(36)39)29(41)11-7-25(33(48)49)37-28(40)10-5-23(31(44)45)24(32(46)47)6-12-30(42)43/h1-4,15,18,23-26H,5-14,16-17,35H2,(H2,36,39)(H,37,40)(H,42,43)(H,44,45)(H,46,47)(H,48,49)(H,50,51). The largest absolute Gasteiger partial charge is 0.489 e. The molecule has 0 fully saturated rings. The number of hydrogen-bond acceptors (Lipinski definition) is 11. The average Bonchev–Trinajstić information content (AvgIpc) is 3.56. The maximum Gasteiger partial charge on any atom is 0.326 e. The first-order valence-electron chi connectivity index (χ1n) is 16.5. The van der Waals surface area contributed by atoms with Crippen molar-refractivity contribution in [1.29, 1.82) is 0 Å². The smallest absolute Gasteiger partial charge is 0.326 e. The number of nitrogens with two attached hydrogens (primary N) is 2. The molecule has 0 saturated carbocycles. The van der Waals surface area contributed by atoms with Crippen molar-refractivity contribution < 1.29 is 73.0 Å². The molecule has 0 spiro atoms. The Bertz CT molecular complexity index is 1610. The van der Waals surface area contributed by atoms with E-state index < -0.39 is 110 Å². The Morgan fingerprint density at radius 3 is 1.89 bits per heavy atom. The van der Waals surface area contributed by atoms with E-state index in [2.05, 4.69) is 5.32 Å². The minimum Gasteiger partial charge on any atom is -0.489 e. The van der Waals surface area contributed by atoms with E-state index in [4.69, 9.17) is 25.7 Å².